The van der Waals surface area contributed by atoms with E-state index in [9.17, 15) is 14.4 Å². The first-order valence-electron chi connectivity index (χ1n) is 8.99. The van der Waals surface area contributed by atoms with Gasteiger partial charge in [-0.3, -0.25) is 14.4 Å². The van der Waals surface area contributed by atoms with Gasteiger partial charge < -0.3 is 19.1 Å². The number of unbranched alkanes of at least 4 members (excludes halogenated alkanes) is 1. The second-order valence-electron chi connectivity index (χ2n) is 6.21. The topological polar surface area (TPSA) is 74.1 Å². The molecule has 138 valence electrons. The van der Waals surface area contributed by atoms with E-state index < -0.39 is 11.8 Å². The van der Waals surface area contributed by atoms with Gasteiger partial charge in [-0.15, -0.1) is 0 Å². The summed E-state index contributed by atoms with van der Waals surface area (Å²) < 4.78 is 5.12. The van der Waals surface area contributed by atoms with Gasteiger partial charge in [-0.05, 0) is 25.0 Å². The largest absolute Gasteiger partial charge is 0.459 e. The molecular formula is C18H27N3O4. The summed E-state index contributed by atoms with van der Waals surface area (Å²) in [5.41, 5.74) is 0. The Morgan fingerprint density at radius 1 is 1.04 bits per heavy atom. The van der Waals surface area contributed by atoms with Gasteiger partial charge in [0.1, 0.15) is 0 Å². The van der Waals surface area contributed by atoms with E-state index in [0.717, 1.165) is 19.3 Å². The molecule has 0 saturated carbocycles. The summed E-state index contributed by atoms with van der Waals surface area (Å²) in [6.45, 7) is 6.81. The van der Waals surface area contributed by atoms with Gasteiger partial charge in [0.15, 0.2) is 5.76 Å². The van der Waals surface area contributed by atoms with E-state index in [4.69, 9.17) is 4.42 Å². The lowest BCUT2D eigenvalue weighted by Gasteiger charge is -2.35. The first-order chi connectivity index (χ1) is 12.1. The lowest BCUT2D eigenvalue weighted by Crippen LogP contribution is -2.54. The molecule has 2 rings (SSSR count). The van der Waals surface area contributed by atoms with E-state index in [1.807, 2.05) is 6.92 Å². The summed E-state index contributed by atoms with van der Waals surface area (Å²) in [5.74, 6) is -0.778. The van der Waals surface area contributed by atoms with Gasteiger partial charge in [-0.1, -0.05) is 20.3 Å². The second kappa shape index (κ2) is 9.25. The Balaban J connectivity index is 1.89. The van der Waals surface area contributed by atoms with Gasteiger partial charge in [-0.25, -0.2) is 0 Å². The third-order valence-corrected chi connectivity index (χ3v) is 4.33. The fraction of sp³-hybridized carbons (Fsp3) is 0.611. The van der Waals surface area contributed by atoms with Crippen molar-refractivity contribution in [3.63, 3.8) is 0 Å². The predicted molar refractivity (Wildman–Crippen MR) is 93.0 cm³/mol. The first-order valence-corrected chi connectivity index (χ1v) is 8.99. The van der Waals surface area contributed by atoms with Crippen molar-refractivity contribution in [3.05, 3.63) is 24.2 Å². The highest BCUT2D eigenvalue weighted by molar-refractivity contribution is 6.34. The lowest BCUT2D eigenvalue weighted by atomic mass is 10.2. The van der Waals surface area contributed by atoms with Crippen molar-refractivity contribution in [3.8, 4) is 0 Å². The lowest BCUT2D eigenvalue weighted by molar-refractivity contribution is -0.152. The van der Waals surface area contributed by atoms with Crippen molar-refractivity contribution in [2.75, 3.05) is 39.3 Å². The van der Waals surface area contributed by atoms with Crippen LogP contribution < -0.4 is 0 Å². The van der Waals surface area contributed by atoms with Crippen LogP contribution >= 0.6 is 0 Å². The molecule has 2 heterocycles. The van der Waals surface area contributed by atoms with Crippen LogP contribution in [-0.4, -0.2) is 71.7 Å². The fourth-order valence-corrected chi connectivity index (χ4v) is 2.87. The molecule has 0 spiro atoms. The Morgan fingerprint density at radius 2 is 1.72 bits per heavy atom. The summed E-state index contributed by atoms with van der Waals surface area (Å²) in [6, 6.07) is 3.30. The van der Waals surface area contributed by atoms with Crippen molar-refractivity contribution >= 4 is 17.7 Å². The van der Waals surface area contributed by atoms with E-state index in [1.54, 1.807) is 26.8 Å². The number of nitrogens with zero attached hydrogens (tertiary/aromatic N) is 3. The molecule has 25 heavy (non-hydrogen) atoms. The highest BCUT2D eigenvalue weighted by Crippen LogP contribution is 2.10. The average molecular weight is 349 g/mol. The molecule has 0 aliphatic carbocycles. The number of piperazine rings is 1. The summed E-state index contributed by atoms with van der Waals surface area (Å²) in [5, 5.41) is 0. The van der Waals surface area contributed by atoms with Gasteiger partial charge in [-0.2, -0.15) is 0 Å². The molecule has 1 aliphatic heterocycles. The Hall–Kier alpha value is -2.31. The van der Waals surface area contributed by atoms with Crippen molar-refractivity contribution < 1.29 is 18.8 Å². The molecule has 1 saturated heterocycles. The normalized spacial score (nSPS) is 14.5. The number of carbonyl (C=O) groups is 3. The van der Waals surface area contributed by atoms with Crippen LogP contribution in [0.4, 0.5) is 0 Å². The predicted octanol–water partition coefficient (Wildman–Crippen LogP) is 1.60. The smallest absolute Gasteiger partial charge is 0.312 e. The number of rotatable bonds is 6. The Bertz CT molecular complexity index is 577. The van der Waals surface area contributed by atoms with Crippen molar-refractivity contribution in [1.29, 1.82) is 0 Å². The standard InChI is InChI=1S/C18H27N3O4/c1-3-5-9-19(8-4-2)17(23)18(24)21-12-10-20(11-13-21)16(22)15-7-6-14-25-15/h6-7,14H,3-5,8-13H2,1-2H3. The molecule has 7 nitrogen and oxygen atoms in total. The average Bonchev–Trinajstić information content (AvgIpc) is 3.18. The molecule has 1 aromatic heterocycles. The molecule has 0 aromatic carbocycles. The molecule has 0 unspecified atom stereocenters. The quantitative estimate of drug-likeness (QED) is 0.731. The minimum Gasteiger partial charge on any atom is -0.459 e. The number of hydrogen-bond acceptors (Lipinski definition) is 4. The summed E-state index contributed by atoms with van der Waals surface area (Å²) in [6.07, 6.45) is 4.16. The van der Waals surface area contributed by atoms with Crippen LogP contribution in [0.25, 0.3) is 0 Å². The van der Waals surface area contributed by atoms with Crippen LogP contribution in [0.3, 0.4) is 0 Å². The molecule has 0 atom stereocenters. The van der Waals surface area contributed by atoms with E-state index >= 15 is 0 Å². The Morgan fingerprint density at radius 3 is 2.28 bits per heavy atom. The number of furan rings is 1. The Kier molecular flexibility index (Phi) is 7.03. The minimum absolute atomic E-state index is 0.181. The number of carbonyl (C=O) groups excluding carboxylic acids is 3. The zero-order valence-electron chi connectivity index (χ0n) is 15.1. The number of hydrogen-bond donors (Lipinski definition) is 0. The third-order valence-electron chi connectivity index (χ3n) is 4.33. The van der Waals surface area contributed by atoms with E-state index in [-0.39, 0.29) is 5.91 Å². The van der Waals surface area contributed by atoms with Crippen molar-refractivity contribution in [2.24, 2.45) is 0 Å². The molecule has 0 N–H and O–H groups in total. The first kappa shape index (κ1) is 19.0. The zero-order valence-corrected chi connectivity index (χ0v) is 15.1. The molecule has 0 radical (unpaired) electrons. The van der Waals surface area contributed by atoms with Gasteiger partial charge in [0.2, 0.25) is 0 Å². The van der Waals surface area contributed by atoms with Gasteiger partial charge in [0.05, 0.1) is 6.26 Å². The zero-order chi connectivity index (χ0) is 18.2. The van der Waals surface area contributed by atoms with Gasteiger partial charge in [0, 0.05) is 39.3 Å². The maximum atomic E-state index is 12.5. The van der Waals surface area contributed by atoms with E-state index in [1.165, 1.54) is 6.26 Å². The van der Waals surface area contributed by atoms with E-state index in [0.29, 0.717) is 45.0 Å². The fourth-order valence-electron chi connectivity index (χ4n) is 2.87. The van der Waals surface area contributed by atoms with Gasteiger partial charge in [0.25, 0.3) is 5.91 Å². The summed E-state index contributed by atoms with van der Waals surface area (Å²) in [7, 11) is 0. The van der Waals surface area contributed by atoms with Crippen LogP contribution in [0.1, 0.15) is 43.7 Å². The SMILES string of the molecule is CCCCN(CCC)C(=O)C(=O)N1CCN(C(=O)c2ccco2)CC1. The van der Waals surface area contributed by atoms with E-state index in [2.05, 4.69) is 6.92 Å². The molecule has 1 aliphatic rings. The summed E-state index contributed by atoms with van der Waals surface area (Å²) in [4.78, 5) is 42.0. The van der Waals surface area contributed by atoms with Crippen LogP contribution in [0.2, 0.25) is 0 Å². The van der Waals surface area contributed by atoms with Gasteiger partial charge >= 0.3 is 11.8 Å². The highest BCUT2D eigenvalue weighted by Gasteiger charge is 2.31. The number of amides is 3. The highest BCUT2D eigenvalue weighted by atomic mass is 16.3. The molecule has 7 heteroatoms. The minimum atomic E-state index is -0.463. The third kappa shape index (κ3) is 4.84. The van der Waals surface area contributed by atoms with Crippen LogP contribution in [-0.2, 0) is 9.59 Å². The molecule has 0 bridgehead atoms. The Labute approximate surface area is 148 Å². The van der Waals surface area contributed by atoms with Crippen LogP contribution in [0.15, 0.2) is 22.8 Å². The van der Waals surface area contributed by atoms with Crippen LogP contribution in [0.5, 0.6) is 0 Å². The van der Waals surface area contributed by atoms with Crippen molar-refractivity contribution in [1.82, 2.24) is 14.7 Å². The molecule has 3 amide bonds. The molecule has 1 fully saturated rings. The molecule has 1 aromatic rings. The maximum absolute atomic E-state index is 12.5. The monoisotopic (exact) mass is 349 g/mol. The second-order valence-corrected chi connectivity index (χ2v) is 6.21. The van der Waals surface area contributed by atoms with Crippen LogP contribution in [0, 0.1) is 0 Å². The molecular weight excluding hydrogens is 322 g/mol. The maximum Gasteiger partial charge on any atom is 0.312 e. The summed E-state index contributed by atoms with van der Waals surface area (Å²) >= 11 is 0. The van der Waals surface area contributed by atoms with Crippen molar-refractivity contribution in [2.45, 2.75) is 33.1 Å².